The number of carbonyl (C=O) groups is 1. The molecule has 4 heteroatoms. The number of rotatable bonds is 1. The fraction of sp³-hybridized carbons (Fsp3) is 0.235. The lowest BCUT2D eigenvalue weighted by Gasteiger charge is -2.29. The smallest absolute Gasteiger partial charge is 0.257 e. The van der Waals surface area contributed by atoms with Gasteiger partial charge in [-0.3, -0.25) is 4.79 Å². The number of aromatic hydroxyl groups is 1. The SMILES string of the molecule is Cc1cccc(C(=O)N2CCc3ccc(O)cc3C2)c1F. The Morgan fingerprint density at radius 3 is 2.86 bits per heavy atom. The van der Waals surface area contributed by atoms with Gasteiger partial charge in [0.15, 0.2) is 0 Å². The van der Waals surface area contributed by atoms with Crippen LogP contribution in [0.4, 0.5) is 4.39 Å². The Labute approximate surface area is 122 Å². The Hall–Kier alpha value is -2.36. The maximum Gasteiger partial charge on any atom is 0.257 e. The molecule has 1 N–H and O–H groups in total. The fourth-order valence-corrected chi connectivity index (χ4v) is 2.70. The number of carbonyl (C=O) groups excluding carboxylic acids is 1. The standard InChI is InChI=1S/C17H16FNO2/c1-11-3-2-4-15(16(11)18)17(21)19-8-7-12-5-6-14(20)9-13(12)10-19/h2-6,9,20H,7-8,10H2,1H3. The van der Waals surface area contributed by atoms with Crippen LogP contribution in [0.2, 0.25) is 0 Å². The highest BCUT2D eigenvalue weighted by molar-refractivity contribution is 5.94. The third-order valence-electron chi connectivity index (χ3n) is 3.91. The number of benzene rings is 2. The van der Waals surface area contributed by atoms with Crippen LogP contribution in [-0.4, -0.2) is 22.5 Å². The maximum atomic E-state index is 14.1. The molecule has 0 saturated carbocycles. The minimum Gasteiger partial charge on any atom is -0.508 e. The highest BCUT2D eigenvalue weighted by Crippen LogP contribution is 2.25. The Morgan fingerprint density at radius 2 is 2.05 bits per heavy atom. The van der Waals surface area contributed by atoms with E-state index in [-0.39, 0.29) is 17.2 Å². The third kappa shape index (κ3) is 2.49. The Balaban J connectivity index is 1.89. The number of nitrogens with zero attached hydrogens (tertiary/aromatic N) is 1. The zero-order chi connectivity index (χ0) is 15.0. The number of amides is 1. The minimum absolute atomic E-state index is 0.110. The summed E-state index contributed by atoms with van der Waals surface area (Å²) in [6.45, 7) is 2.61. The minimum atomic E-state index is -0.454. The summed E-state index contributed by atoms with van der Waals surface area (Å²) in [6.07, 6.45) is 0.717. The number of hydrogen-bond acceptors (Lipinski definition) is 2. The van der Waals surface area contributed by atoms with E-state index < -0.39 is 5.82 Å². The molecule has 2 aromatic rings. The highest BCUT2D eigenvalue weighted by Gasteiger charge is 2.24. The predicted octanol–water partition coefficient (Wildman–Crippen LogP) is 3.04. The van der Waals surface area contributed by atoms with Crippen LogP contribution < -0.4 is 0 Å². The van der Waals surface area contributed by atoms with Gasteiger partial charge in [0.25, 0.3) is 5.91 Å². The lowest BCUT2D eigenvalue weighted by molar-refractivity contribution is 0.0729. The van der Waals surface area contributed by atoms with Gasteiger partial charge in [0.1, 0.15) is 11.6 Å². The summed E-state index contributed by atoms with van der Waals surface area (Å²) < 4.78 is 14.1. The molecule has 0 atom stereocenters. The molecule has 1 aliphatic rings. The molecular weight excluding hydrogens is 269 g/mol. The lowest BCUT2D eigenvalue weighted by atomic mass is 9.98. The number of fused-ring (bicyclic) bond motifs is 1. The monoisotopic (exact) mass is 285 g/mol. The molecule has 0 spiro atoms. The van der Waals surface area contributed by atoms with Crippen LogP contribution in [0.3, 0.4) is 0 Å². The van der Waals surface area contributed by atoms with Gasteiger partial charge in [-0.15, -0.1) is 0 Å². The van der Waals surface area contributed by atoms with Crippen LogP contribution >= 0.6 is 0 Å². The molecule has 0 radical (unpaired) electrons. The summed E-state index contributed by atoms with van der Waals surface area (Å²) in [5, 5.41) is 9.55. The van der Waals surface area contributed by atoms with Gasteiger partial charge >= 0.3 is 0 Å². The van der Waals surface area contributed by atoms with Gasteiger partial charge < -0.3 is 10.0 Å². The first-order chi connectivity index (χ1) is 10.1. The van der Waals surface area contributed by atoms with E-state index in [1.807, 2.05) is 6.07 Å². The summed E-state index contributed by atoms with van der Waals surface area (Å²) >= 11 is 0. The zero-order valence-electron chi connectivity index (χ0n) is 11.8. The van der Waals surface area contributed by atoms with Gasteiger partial charge in [-0.1, -0.05) is 18.2 Å². The van der Waals surface area contributed by atoms with Crippen molar-refractivity contribution in [3.8, 4) is 5.75 Å². The van der Waals surface area contributed by atoms with E-state index in [2.05, 4.69) is 0 Å². The average molecular weight is 285 g/mol. The van der Waals surface area contributed by atoms with Crippen LogP contribution in [0.5, 0.6) is 5.75 Å². The molecule has 0 fully saturated rings. The van der Waals surface area contributed by atoms with Gasteiger partial charge in [-0.25, -0.2) is 4.39 Å². The van der Waals surface area contributed by atoms with E-state index in [4.69, 9.17) is 0 Å². The predicted molar refractivity (Wildman–Crippen MR) is 77.7 cm³/mol. The topological polar surface area (TPSA) is 40.5 Å². The van der Waals surface area contributed by atoms with Gasteiger partial charge in [0.2, 0.25) is 0 Å². The normalized spacial score (nSPS) is 13.9. The molecule has 21 heavy (non-hydrogen) atoms. The van der Waals surface area contributed by atoms with E-state index >= 15 is 0 Å². The Morgan fingerprint density at radius 1 is 1.24 bits per heavy atom. The van der Waals surface area contributed by atoms with E-state index in [1.54, 1.807) is 36.1 Å². The first-order valence-electron chi connectivity index (χ1n) is 6.91. The van der Waals surface area contributed by atoms with Crippen molar-refractivity contribution in [2.24, 2.45) is 0 Å². The molecule has 3 nitrogen and oxygen atoms in total. The second-order valence-corrected chi connectivity index (χ2v) is 5.37. The summed E-state index contributed by atoms with van der Waals surface area (Å²) in [4.78, 5) is 14.1. The maximum absolute atomic E-state index is 14.1. The zero-order valence-corrected chi connectivity index (χ0v) is 11.8. The molecule has 1 aliphatic heterocycles. The second-order valence-electron chi connectivity index (χ2n) is 5.37. The van der Waals surface area contributed by atoms with Crippen molar-refractivity contribution in [1.82, 2.24) is 4.90 Å². The van der Waals surface area contributed by atoms with Gasteiger partial charge in [-0.2, -0.15) is 0 Å². The number of hydrogen-bond donors (Lipinski definition) is 1. The molecule has 0 unspecified atom stereocenters. The number of aryl methyl sites for hydroxylation is 1. The van der Waals surface area contributed by atoms with Crippen molar-refractivity contribution in [2.75, 3.05) is 6.54 Å². The summed E-state index contributed by atoms with van der Waals surface area (Å²) in [6, 6.07) is 10.0. The van der Waals surface area contributed by atoms with Crippen molar-refractivity contribution in [3.63, 3.8) is 0 Å². The molecule has 1 heterocycles. The second kappa shape index (κ2) is 5.20. The quantitative estimate of drug-likeness (QED) is 0.875. The number of phenolic OH excluding ortho intramolecular Hbond substituents is 1. The van der Waals surface area contributed by atoms with Gasteiger partial charge in [0, 0.05) is 13.1 Å². The molecule has 108 valence electrons. The Kier molecular flexibility index (Phi) is 3.37. The first kappa shape index (κ1) is 13.6. The van der Waals surface area contributed by atoms with Crippen LogP contribution in [-0.2, 0) is 13.0 Å². The molecule has 3 rings (SSSR count). The van der Waals surface area contributed by atoms with Crippen molar-refractivity contribution >= 4 is 5.91 Å². The van der Waals surface area contributed by atoms with Crippen LogP contribution in [0, 0.1) is 12.7 Å². The first-order valence-corrected chi connectivity index (χ1v) is 6.91. The number of phenols is 1. The molecule has 0 aliphatic carbocycles. The molecular formula is C17H16FNO2. The highest BCUT2D eigenvalue weighted by atomic mass is 19.1. The van der Waals surface area contributed by atoms with Crippen molar-refractivity contribution in [1.29, 1.82) is 0 Å². The number of halogens is 1. The van der Waals surface area contributed by atoms with Gasteiger partial charge in [-0.05, 0) is 48.2 Å². The molecule has 0 bridgehead atoms. The third-order valence-corrected chi connectivity index (χ3v) is 3.91. The van der Waals surface area contributed by atoms with E-state index in [0.29, 0.717) is 18.7 Å². The largest absolute Gasteiger partial charge is 0.508 e. The summed E-state index contributed by atoms with van der Waals surface area (Å²) in [7, 11) is 0. The van der Waals surface area contributed by atoms with E-state index in [1.165, 1.54) is 6.07 Å². The van der Waals surface area contributed by atoms with Crippen LogP contribution in [0.25, 0.3) is 0 Å². The average Bonchev–Trinajstić information content (AvgIpc) is 2.48. The van der Waals surface area contributed by atoms with Crippen molar-refractivity contribution < 1.29 is 14.3 Å². The van der Waals surface area contributed by atoms with Crippen molar-refractivity contribution in [2.45, 2.75) is 19.9 Å². The van der Waals surface area contributed by atoms with Crippen molar-refractivity contribution in [3.05, 3.63) is 64.5 Å². The van der Waals surface area contributed by atoms with E-state index in [0.717, 1.165) is 17.5 Å². The molecule has 0 saturated heterocycles. The fourth-order valence-electron chi connectivity index (χ4n) is 2.70. The Bertz CT molecular complexity index is 712. The summed E-state index contributed by atoms with van der Waals surface area (Å²) in [5.74, 6) is -0.570. The molecule has 0 aromatic heterocycles. The summed E-state index contributed by atoms with van der Waals surface area (Å²) in [5.41, 5.74) is 2.62. The molecule has 1 amide bonds. The van der Waals surface area contributed by atoms with E-state index in [9.17, 15) is 14.3 Å². The molecule has 2 aromatic carbocycles. The van der Waals surface area contributed by atoms with Gasteiger partial charge in [0.05, 0.1) is 5.56 Å². The van der Waals surface area contributed by atoms with Crippen LogP contribution in [0.1, 0.15) is 27.0 Å². The van der Waals surface area contributed by atoms with Crippen LogP contribution in [0.15, 0.2) is 36.4 Å². The lowest BCUT2D eigenvalue weighted by Crippen LogP contribution is -2.36.